The minimum absolute atomic E-state index is 0.0766. The smallest absolute Gasteiger partial charge is 0.333 e. The first-order chi connectivity index (χ1) is 9.27. The van der Waals surface area contributed by atoms with Gasteiger partial charge in [-0.2, -0.15) is 0 Å². The number of carbonyl (C=O) groups excluding carboxylic acids is 1. The van der Waals surface area contributed by atoms with Crippen LogP contribution in [0.1, 0.15) is 32.1 Å². The molecule has 1 heterocycles. The maximum absolute atomic E-state index is 11.8. The van der Waals surface area contributed by atoms with Gasteiger partial charge in [0.15, 0.2) is 0 Å². The lowest BCUT2D eigenvalue weighted by Gasteiger charge is -2.08. The summed E-state index contributed by atoms with van der Waals surface area (Å²) in [5, 5.41) is 0. The van der Waals surface area contributed by atoms with E-state index in [1.165, 1.54) is 17.1 Å². The molecule has 1 aromatic heterocycles. The van der Waals surface area contributed by atoms with Crippen LogP contribution in [0.5, 0.6) is 0 Å². The van der Waals surface area contributed by atoms with E-state index >= 15 is 0 Å². The quantitative estimate of drug-likeness (QED) is 0.781. The first kappa shape index (κ1) is 13.6. The van der Waals surface area contributed by atoms with Crippen molar-refractivity contribution in [1.82, 2.24) is 4.57 Å². The fourth-order valence-electron chi connectivity index (χ4n) is 2.18. The molecule has 1 aliphatic rings. The van der Waals surface area contributed by atoms with Crippen LogP contribution in [-0.4, -0.2) is 17.1 Å². The van der Waals surface area contributed by atoms with Gasteiger partial charge in [0, 0.05) is 17.8 Å². The van der Waals surface area contributed by atoms with Crippen molar-refractivity contribution in [3.8, 4) is 0 Å². The van der Waals surface area contributed by atoms with Gasteiger partial charge < -0.3 is 9.30 Å². The number of hydrogen-bond acceptors (Lipinski definition) is 3. The van der Waals surface area contributed by atoms with Crippen LogP contribution in [0.2, 0.25) is 0 Å². The Kier molecular flexibility index (Phi) is 4.95. The Balaban J connectivity index is 1.82. The zero-order valence-electron chi connectivity index (χ0n) is 11.0. The highest BCUT2D eigenvalue weighted by atomic mass is 16.5. The van der Waals surface area contributed by atoms with E-state index in [-0.39, 0.29) is 18.1 Å². The monoisotopic (exact) mass is 261 g/mol. The van der Waals surface area contributed by atoms with Gasteiger partial charge in [-0.3, -0.25) is 4.79 Å². The topological polar surface area (TPSA) is 48.3 Å². The maximum atomic E-state index is 11.8. The van der Waals surface area contributed by atoms with Crippen LogP contribution in [-0.2, 0) is 16.1 Å². The number of pyridine rings is 1. The molecule has 0 unspecified atom stereocenters. The van der Waals surface area contributed by atoms with E-state index in [9.17, 15) is 9.59 Å². The Morgan fingerprint density at radius 2 is 2.16 bits per heavy atom. The molecule has 0 aromatic carbocycles. The van der Waals surface area contributed by atoms with Crippen molar-refractivity contribution in [3.05, 3.63) is 46.4 Å². The fraction of sp³-hybridized carbons (Fsp3) is 0.467. The predicted octanol–water partition coefficient (Wildman–Crippen LogP) is 2.28. The molecule has 2 rings (SSSR count). The van der Waals surface area contributed by atoms with Crippen LogP contribution >= 0.6 is 0 Å². The highest BCUT2D eigenvalue weighted by molar-refractivity contribution is 5.88. The van der Waals surface area contributed by atoms with Gasteiger partial charge in [0.05, 0.1) is 6.54 Å². The largest absolute Gasteiger partial charge is 0.460 e. The molecule has 1 aliphatic carbocycles. The molecule has 0 radical (unpaired) electrons. The second-order valence-electron chi connectivity index (χ2n) is 4.70. The van der Waals surface area contributed by atoms with Gasteiger partial charge in [0.1, 0.15) is 6.61 Å². The molecule has 1 aromatic rings. The summed E-state index contributed by atoms with van der Waals surface area (Å²) < 4.78 is 6.77. The van der Waals surface area contributed by atoms with Crippen LogP contribution in [0.4, 0.5) is 0 Å². The SMILES string of the molecule is O=C(OCCn1ccccc1=O)C1=CCCCCC1. The van der Waals surface area contributed by atoms with Gasteiger partial charge in [-0.15, -0.1) is 0 Å². The number of aromatic nitrogens is 1. The number of esters is 1. The average Bonchev–Trinajstić information content (AvgIpc) is 2.70. The zero-order chi connectivity index (χ0) is 13.5. The molecule has 0 saturated heterocycles. The molecule has 0 spiro atoms. The van der Waals surface area contributed by atoms with Crippen molar-refractivity contribution in [3.63, 3.8) is 0 Å². The van der Waals surface area contributed by atoms with E-state index in [0.717, 1.165) is 31.3 Å². The third kappa shape index (κ3) is 4.09. The van der Waals surface area contributed by atoms with Crippen molar-refractivity contribution < 1.29 is 9.53 Å². The summed E-state index contributed by atoms with van der Waals surface area (Å²) in [5.74, 6) is -0.231. The number of rotatable bonds is 4. The van der Waals surface area contributed by atoms with E-state index in [1.807, 2.05) is 6.08 Å². The first-order valence-corrected chi connectivity index (χ1v) is 6.79. The van der Waals surface area contributed by atoms with Crippen molar-refractivity contribution in [2.24, 2.45) is 0 Å². The Labute approximate surface area is 112 Å². The molecule has 0 amide bonds. The van der Waals surface area contributed by atoms with Gasteiger partial charge in [-0.05, 0) is 31.7 Å². The third-order valence-corrected chi connectivity index (χ3v) is 3.27. The number of carbonyl (C=O) groups is 1. The summed E-state index contributed by atoms with van der Waals surface area (Å²) in [4.78, 5) is 23.3. The third-order valence-electron chi connectivity index (χ3n) is 3.27. The fourth-order valence-corrected chi connectivity index (χ4v) is 2.18. The Bertz CT molecular complexity index is 516. The molecule has 0 N–H and O–H groups in total. The normalized spacial score (nSPS) is 15.5. The van der Waals surface area contributed by atoms with E-state index in [4.69, 9.17) is 4.74 Å². The van der Waals surface area contributed by atoms with Crippen LogP contribution in [0.3, 0.4) is 0 Å². The van der Waals surface area contributed by atoms with Crippen LogP contribution in [0.15, 0.2) is 40.8 Å². The summed E-state index contributed by atoms with van der Waals surface area (Å²) in [7, 11) is 0. The van der Waals surface area contributed by atoms with E-state index in [2.05, 4.69) is 0 Å². The van der Waals surface area contributed by atoms with Gasteiger partial charge in [-0.25, -0.2) is 4.79 Å². The minimum Gasteiger partial charge on any atom is -0.460 e. The predicted molar refractivity (Wildman–Crippen MR) is 72.8 cm³/mol. The molecule has 0 bridgehead atoms. The van der Waals surface area contributed by atoms with Crippen molar-refractivity contribution in [2.45, 2.75) is 38.6 Å². The highest BCUT2D eigenvalue weighted by Gasteiger charge is 2.12. The summed E-state index contributed by atoms with van der Waals surface area (Å²) in [5.41, 5.74) is 0.713. The lowest BCUT2D eigenvalue weighted by Crippen LogP contribution is -2.21. The van der Waals surface area contributed by atoms with Crippen LogP contribution in [0, 0.1) is 0 Å². The molecular formula is C15H19NO3. The van der Waals surface area contributed by atoms with Gasteiger partial charge in [0.25, 0.3) is 5.56 Å². The van der Waals surface area contributed by atoms with Gasteiger partial charge >= 0.3 is 5.97 Å². The molecule has 0 aliphatic heterocycles. The maximum Gasteiger partial charge on any atom is 0.333 e. The second-order valence-corrected chi connectivity index (χ2v) is 4.70. The molecule has 4 heteroatoms. The molecule has 4 nitrogen and oxygen atoms in total. The minimum atomic E-state index is -0.231. The molecule has 0 fully saturated rings. The zero-order valence-corrected chi connectivity index (χ0v) is 11.0. The standard InChI is InChI=1S/C15H19NO3/c17-14-9-5-6-10-16(14)11-12-19-15(18)13-7-3-1-2-4-8-13/h5-7,9-10H,1-4,8,11-12H2. The number of nitrogens with zero attached hydrogens (tertiary/aromatic N) is 1. The number of ether oxygens (including phenoxy) is 1. The molecule has 0 atom stereocenters. The van der Waals surface area contributed by atoms with E-state index < -0.39 is 0 Å². The summed E-state index contributed by atoms with van der Waals surface area (Å²) >= 11 is 0. The van der Waals surface area contributed by atoms with E-state index in [0.29, 0.717) is 6.54 Å². The number of allylic oxidation sites excluding steroid dienone is 1. The molecule has 102 valence electrons. The van der Waals surface area contributed by atoms with Crippen molar-refractivity contribution in [2.75, 3.05) is 6.61 Å². The Morgan fingerprint density at radius 1 is 1.26 bits per heavy atom. The van der Waals surface area contributed by atoms with Crippen LogP contribution in [0.25, 0.3) is 0 Å². The molecular weight excluding hydrogens is 242 g/mol. The first-order valence-electron chi connectivity index (χ1n) is 6.79. The second kappa shape index (κ2) is 6.92. The lowest BCUT2D eigenvalue weighted by molar-refractivity contribution is -0.139. The summed E-state index contributed by atoms with van der Waals surface area (Å²) in [6.07, 6.45) is 8.83. The molecule has 19 heavy (non-hydrogen) atoms. The van der Waals surface area contributed by atoms with Crippen molar-refractivity contribution >= 4 is 5.97 Å². The average molecular weight is 261 g/mol. The summed E-state index contributed by atoms with van der Waals surface area (Å²) in [6, 6.07) is 4.98. The summed E-state index contributed by atoms with van der Waals surface area (Å²) in [6.45, 7) is 0.638. The van der Waals surface area contributed by atoms with Crippen LogP contribution < -0.4 is 5.56 Å². The molecule has 0 saturated carbocycles. The highest BCUT2D eigenvalue weighted by Crippen LogP contribution is 2.18. The lowest BCUT2D eigenvalue weighted by atomic mass is 10.1. The van der Waals surface area contributed by atoms with E-state index in [1.54, 1.807) is 18.3 Å². The Hall–Kier alpha value is -1.84. The van der Waals surface area contributed by atoms with Gasteiger partial charge in [0.2, 0.25) is 0 Å². The Morgan fingerprint density at radius 3 is 3.00 bits per heavy atom. The number of hydrogen-bond donors (Lipinski definition) is 0. The van der Waals surface area contributed by atoms with Gasteiger partial charge in [-0.1, -0.05) is 18.6 Å². The van der Waals surface area contributed by atoms with Crippen molar-refractivity contribution in [1.29, 1.82) is 0 Å².